The van der Waals surface area contributed by atoms with Crippen molar-refractivity contribution in [3.63, 3.8) is 0 Å². The Morgan fingerprint density at radius 2 is 1.69 bits per heavy atom. The van der Waals surface area contributed by atoms with E-state index in [1.165, 1.54) is 11.3 Å². The highest BCUT2D eigenvalue weighted by Gasteiger charge is 2.09. The molecule has 0 fully saturated rings. The van der Waals surface area contributed by atoms with Crippen LogP contribution >= 0.6 is 11.3 Å². The van der Waals surface area contributed by atoms with E-state index in [1.54, 1.807) is 35.7 Å². The Morgan fingerprint density at radius 3 is 2.38 bits per heavy atom. The Hall–Kier alpha value is -3.30. The van der Waals surface area contributed by atoms with Gasteiger partial charge in [-0.2, -0.15) is 5.26 Å². The second kappa shape index (κ2) is 8.70. The van der Waals surface area contributed by atoms with Gasteiger partial charge in [0.25, 0.3) is 5.91 Å². The normalized spacial score (nSPS) is 9.96. The molecule has 6 heteroatoms. The molecule has 0 atom stereocenters. The van der Waals surface area contributed by atoms with Crippen molar-refractivity contribution in [3.8, 4) is 17.6 Å². The molecule has 0 aliphatic rings. The number of hydrogen-bond donors (Lipinski definition) is 1. The number of benzene rings is 2. The second-order valence-corrected chi connectivity index (χ2v) is 6.27. The first kappa shape index (κ1) is 17.5. The number of thiophene rings is 1. The first-order chi connectivity index (χ1) is 12.7. The fourth-order valence-corrected chi connectivity index (χ4v) is 2.93. The maximum absolute atomic E-state index is 11.9. The van der Waals surface area contributed by atoms with Gasteiger partial charge in [-0.05, 0) is 41.3 Å². The predicted molar refractivity (Wildman–Crippen MR) is 100 cm³/mol. The van der Waals surface area contributed by atoms with Gasteiger partial charge in [0.1, 0.15) is 29.2 Å². The smallest absolute Gasteiger partial charge is 0.262 e. The van der Waals surface area contributed by atoms with Gasteiger partial charge in [-0.25, -0.2) is 0 Å². The number of amides is 1. The molecule has 5 nitrogen and oxygen atoms in total. The molecule has 1 heterocycles. The van der Waals surface area contributed by atoms with Gasteiger partial charge < -0.3 is 14.8 Å². The standard InChI is InChI=1S/C20H16N2O3S/c21-12-16-10-11-26-20(16)22-19(23)14-25-18-8-6-17(7-9-18)24-13-15-4-2-1-3-5-15/h1-11H,13-14H2,(H,22,23). The lowest BCUT2D eigenvalue weighted by atomic mass is 10.2. The zero-order valence-corrected chi connectivity index (χ0v) is 14.7. The first-order valence-corrected chi connectivity index (χ1v) is 8.79. The molecule has 0 aliphatic heterocycles. The highest BCUT2D eigenvalue weighted by molar-refractivity contribution is 7.14. The number of ether oxygens (including phenoxy) is 2. The van der Waals surface area contributed by atoms with Crippen LogP contribution in [0.5, 0.6) is 11.5 Å². The third kappa shape index (κ3) is 4.85. The van der Waals surface area contributed by atoms with E-state index in [9.17, 15) is 4.79 Å². The fourth-order valence-electron chi connectivity index (χ4n) is 2.18. The Labute approximate surface area is 155 Å². The van der Waals surface area contributed by atoms with Crippen LogP contribution in [-0.2, 0) is 11.4 Å². The summed E-state index contributed by atoms with van der Waals surface area (Å²) in [5, 5.41) is 13.9. The molecule has 1 N–H and O–H groups in total. The molecule has 0 spiro atoms. The Morgan fingerprint density at radius 1 is 1.00 bits per heavy atom. The molecular weight excluding hydrogens is 348 g/mol. The number of nitriles is 1. The molecule has 26 heavy (non-hydrogen) atoms. The SMILES string of the molecule is N#Cc1ccsc1NC(=O)COc1ccc(OCc2ccccc2)cc1. The summed E-state index contributed by atoms with van der Waals surface area (Å²) in [6, 6.07) is 20.7. The minimum absolute atomic E-state index is 0.132. The lowest BCUT2D eigenvalue weighted by molar-refractivity contribution is -0.118. The number of anilines is 1. The van der Waals surface area contributed by atoms with E-state index < -0.39 is 0 Å². The number of nitrogens with zero attached hydrogens (tertiary/aromatic N) is 1. The predicted octanol–water partition coefficient (Wildman–Crippen LogP) is 4.22. The molecule has 1 amide bonds. The molecule has 3 aromatic rings. The van der Waals surface area contributed by atoms with E-state index in [0.29, 0.717) is 22.9 Å². The summed E-state index contributed by atoms with van der Waals surface area (Å²) < 4.78 is 11.2. The summed E-state index contributed by atoms with van der Waals surface area (Å²) in [6.45, 7) is 0.360. The zero-order chi connectivity index (χ0) is 18.2. The maximum Gasteiger partial charge on any atom is 0.262 e. The quantitative estimate of drug-likeness (QED) is 0.681. The molecule has 1 aromatic heterocycles. The van der Waals surface area contributed by atoms with Gasteiger partial charge in [0.05, 0.1) is 5.56 Å². The summed E-state index contributed by atoms with van der Waals surface area (Å²) in [4.78, 5) is 11.9. The summed E-state index contributed by atoms with van der Waals surface area (Å²) >= 11 is 1.30. The van der Waals surface area contributed by atoms with Crippen molar-refractivity contribution in [1.82, 2.24) is 0 Å². The Balaban J connectivity index is 1.47. The van der Waals surface area contributed by atoms with E-state index in [-0.39, 0.29) is 12.5 Å². The molecule has 0 saturated heterocycles. The van der Waals surface area contributed by atoms with Gasteiger partial charge in [0.15, 0.2) is 6.61 Å². The Bertz CT molecular complexity index is 899. The van der Waals surface area contributed by atoms with Gasteiger partial charge in [-0.1, -0.05) is 30.3 Å². The average Bonchev–Trinajstić information content (AvgIpc) is 3.13. The van der Waals surface area contributed by atoms with Gasteiger partial charge in [0.2, 0.25) is 0 Å². The number of rotatable bonds is 7. The third-order valence-electron chi connectivity index (χ3n) is 3.48. The first-order valence-electron chi connectivity index (χ1n) is 7.91. The number of carbonyl (C=O) groups is 1. The average molecular weight is 364 g/mol. The fraction of sp³-hybridized carbons (Fsp3) is 0.100. The second-order valence-electron chi connectivity index (χ2n) is 5.36. The third-order valence-corrected chi connectivity index (χ3v) is 4.31. The number of carbonyl (C=O) groups excluding carboxylic acids is 1. The van der Waals surface area contributed by atoms with Crippen LogP contribution in [0.15, 0.2) is 66.0 Å². The van der Waals surface area contributed by atoms with Crippen molar-refractivity contribution in [2.75, 3.05) is 11.9 Å². The molecule has 0 aliphatic carbocycles. The minimum atomic E-state index is -0.312. The molecule has 0 saturated carbocycles. The molecule has 2 aromatic carbocycles. The number of nitrogens with one attached hydrogen (secondary N) is 1. The lowest BCUT2D eigenvalue weighted by Gasteiger charge is -2.09. The lowest BCUT2D eigenvalue weighted by Crippen LogP contribution is -2.19. The van der Waals surface area contributed by atoms with E-state index in [0.717, 1.165) is 11.3 Å². The summed E-state index contributed by atoms with van der Waals surface area (Å²) in [7, 11) is 0. The summed E-state index contributed by atoms with van der Waals surface area (Å²) in [5.41, 5.74) is 1.54. The topological polar surface area (TPSA) is 71.4 Å². The van der Waals surface area contributed by atoms with Crippen LogP contribution in [0, 0.1) is 11.3 Å². The van der Waals surface area contributed by atoms with Crippen molar-refractivity contribution in [1.29, 1.82) is 5.26 Å². The van der Waals surface area contributed by atoms with Crippen molar-refractivity contribution >= 4 is 22.2 Å². The van der Waals surface area contributed by atoms with Gasteiger partial charge >= 0.3 is 0 Å². The zero-order valence-electron chi connectivity index (χ0n) is 13.8. The molecule has 3 rings (SSSR count). The van der Waals surface area contributed by atoms with Crippen LogP contribution in [0.25, 0.3) is 0 Å². The largest absolute Gasteiger partial charge is 0.489 e. The van der Waals surface area contributed by atoms with Crippen molar-refractivity contribution in [3.05, 3.63) is 77.2 Å². The van der Waals surface area contributed by atoms with Crippen LogP contribution in [0.4, 0.5) is 5.00 Å². The van der Waals surface area contributed by atoms with Crippen LogP contribution in [0.3, 0.4) is 0 Å². The van der Waals surface area contributed by atoms with Crippen LogP contribution < -0.4 is 14.8 Å². The summed E-state index contributed by atoms with van der Waals surface area (Å²) in [6.07, 6.45) is 0. The van der Waals surface area contributed by atoms with E-state index in [2.05, 4.69) is 5.32 Å². The van der Waals surface area contributed by atoms with Crippen molar-refractivity contribution in [2.45, 2.75) is 6.61 Å². The molecule has 0 unspecified atom stereocenters. The van der Waals surface area contributed by atoms with Crippen LogP contribution in [0.1, 0.15) is 11.1 Å². The number of hydrogen-bond acceptors (Lipinski definition) is 5. The van der Waals surface area contributed by atoms with Crippen molar-refractivity contribution in [2.24, 2.45) is 0 Å². The monoisotopic (exact) mass is 364 g/mol. The molecule has 130 valence electrons. The van der Waals surface area contributed by atoms with Crippen molar-refractivity contribution < 1.29 is 14.3 Å². The minimum Gasteiger partial charge on any atom is -0.489 e. The van der Waals surface area contributed by atoms with Crippen LogP contribution in [-0.4, -0.2) is 12.5 Å². The molecular formula is C20H16N2O3S. The highest BCUT2D eigenvalue weighted by Crippen LogP contribution is 2.22. The Kier molecular flexibility index (Phi) is 5.86. The molecule has 0 radical (unpaired) electrons. The van der Waals surface area contributed by atoms with Gasteiger partial charge in [0, 0.05) is 0 Å². The van der Waals surface area contributed by atoms with Crippen LogP contribution in [0.2, 0.25) is 0 Å². The van der Waals surface area contributed by atoms with Gasteiger partial charge in [-0.3, -0.25) is 4.79 Å². The van der Waals surface area contributed by atoms with E-state index >= 15 is 0 Å². The van der Waals surface area contributed by atoms with E-state index in [4.69, 9.17) is 14.7 Å². The molecule has 0 bridgehead atoms. The van der Waals surface area contributed by atoms with Gasteiger partial charge in [-0.15, -0.1) is 11.3 Å². The summed E-state index contributed by atoms with van der Waals surface area (Å²) in [5.74, 6) is 0.982. The highest BCUT2D eigenvalue weighted by atomic mass is 32.1. The van der Waals surface area contributed by atoms with E-state index in [1.807, 2.05) is 36.4 Å². The maximum atomic E-state index is 11.9.